The number of carbonyl (C=O) groups excluding carboxylic acids is 1. The summed E-state index contributed by atoms with van der Waals surface area (Å²) in [7, 11) is 0. The monoisotopic (exact) mass is 310 g/mol. The van der Waals surface area contributed by atoms with E-state index < -0.39 is 5.79 Å². The Labute approximate surface area is 135 Å². The maximum absolute atomic E-state index is 12.2. The molecule has 2 aromatic rings. The average Bonchev–Trinajstić information content (AvgIpc) is 2.61. The number of para-hydroxylation sites is 1. The molecule has 0 amide bonds. The third-order valence-corrected chi connectivity index (χ3v) is 4.38. The molecule has 4 nitrogen and oxygen atoms in total. The van der Waals surface area contributed by atoms with Gasteiger partial charge < -0.3 is 14.2 Å². The van der Waals surface area contributed by atoms with Crippen LogP contribution in [0.15, 0.2) is 54.6 Å². The molecule has 118 valence electrons. The molecule has 1 saturated heterocycles. The average molecular weight is 310 g/mol. The van der Waals surface area contributed by atoms with Crippen molar-refractivity contribution in [1.82, 2.24) is 0 Å². The van der Waals surface area contributed by atoms with E-state index in [4.69, 9.17) is 14.2 Å². The minimum absolute atomic E-state index is 0.0177. The maximum atomic E-state index is 12.2. The van der Waals surface area contributed by atoms with Crippen LogP contribution >= 0.6 is 0 Å². The SMILES string of the molecule is O=C(OC[C@]12CCC[C@H](O1)c1ccccc1O2)c1ccccc1. The number of rotatable bonds is 3. The molecule has 2 aliphatic rings. The molecule has 0 unspecified atom stereocenters. The second kappa shape index (κ2) is 5.70. The molecule has 2 aliphatic heterocycles. The van der Waals surface area contributed by atoms with Crippen molar-refractivity contribution >= 4 is 5.97 Å². The van der Waals surface area contributed by atoms with Gasteiger partial charge >= 0.3 is 5.97 Å². The zero-order chi connectivity index (χ0) is 15.7. The molecule has 0 aliphatic carbocycles. The Morgan fingerprint density at radius 3 is 2.78 bits per heavy atom. The molecule has 2 bridgehead atoms. The lowest BCUT2D eigenvalue weighted by Gasteiger charge is -2.45. The molecule has 0 spiro atoms. The van der Waals surface area contributed by atoms with Gasteiger partial charge in [0, 0.05) is 12.0 Å². The highest BCUT2D eigenvalue weighted by Crippen LogP contribution is 2.46. The summed E-state index contributed by atoms with van der Waals surface area (Å²) >= 11 is 0. The lowest BCUT2D eigenvalue weighted by molar-refractivity contribution is -0.269. The van der Waals surface area contributed by atoms with Gasteiger partial charge in [0.05, 0.1) is 11.7 Å². The third-order valence-electron chi connectivity index (χ3n) is 4.38. The smallest absolute Gasteiger partial charge is 0.338 e. The standard InChI is InChI=1S/C19H18O4/c20-18(14-7-2-1-3-8-14)21-13-19-12-6-11-17(23-19)15-9-4-5-10-16(15)22-19/h1-5,7-10,17H,6,11-13H2/t17-,19-/m0/s1. The van der Waals surface area contributed by atoms with Gasteiger partial charge in [0.25, 0.3) is 0 Å². The number of fused-ring (bicyclic) bond motifs is 4. The quantitative estimate of drug-likeness (QED) is 0.807. The van der Waals surface area contributed by atoms with Crippen LogP contribution in [-0.4, -0.2) is 18.4 Å². The lowest BCUT2D eigenvalue weighted by atomic mass is 9.93. The molecule has 4 rings (SSSR count). The second-order valence-corrected chi connectivity index (χ2v) is 5.99. The first kappa shape index (κ1) is 14.3. The normalized spacial score (nSPS) is 25.1. The molecule has 1 fully saturated rings. The number of carbonyl (C=O) groups is 1. The van der Waals surface area contributed by atoms with Gasteiger partial charge in [-0.05, 0) is 31.0 Å². The van der Waals surface area contributed by atoms with Crippen LogP contribution in [0.1, 0.15) is 41.3 Å². The van der Waals surface area contributed by atoms with Crippen molar-refractivity contribution in [3.05, 3.63) is 65.7 Å². The predicted octanol–water partition coefficient (Wildman–Crippen LogP) is 3.87. The van der Waals surface area contributed by atoms with E-state index in [0.717, 1.165) is 30.6 Å². The summed E-state index contributed by atoms with van der Waals surface area (Å²) in [5.41, 5.74) is 1.62. The second-order valence-electron chi connectivity index (χ2n) is 5.99. The molecule has 0 aromatic heterocycles. The summed E-state index contributed by atoms with van der Waals surface area (Å²) in [6, 6.07) is 16.9. The predicted molar refractivity (Wildman–Crippen MR) is 84.2 cm³/mol. The number of hydrogen-bond donors (Lipinski definition) is 0. The highest BCUT2D eigenvalue weighted by atomic mass is 16.7. The molecule has 2 aromatic carbocycles. The Bertz CT molecular complexity index is 712. The van der Waals surface area contributed by atoms with Gasteiger partial charge in [-0.2, -0.15) is 0 Å². The fraction of sp³-hybridized carbons (Fsp3) is 0.316. The van der Waals surface area contributed by atoms with Gasteiger partial charge in [0.1, 0.15) is 5.75 Å². The largest absolute Gasteiger partial charge is 0.458 e. The van der Waals surface area contributed by atoms with E-state index in [-0.39, 0.29) is 18.7 Å². The van der Waals surface area contributed by atoms with E-state index in [1.165, 1.54) is 0 Å². The van der Waals surface area contributed by atoms with Crippen molar-refractivity contribution in [2.24, 2.45) is 0 Å². The van der Waals surface area contributed by atoms with E-state index in [0.29, 0.717) is 5.56 Å². The highest BCUT2D eigenvalue weighted by molar-refractivity contribution is 5.89. The van der Waals surface area contributed by atoms with Crippen LogP contribution in [0.25, 0.3) is 0 Å². The first-order valence-corrected chi connectivity index (χ1v) is 7.94. The molecular formula is C19H18O4. The van der Waals surface area contributed by atoms with E-state index in [1.54, 1.807) is 12.1 Å². The Balaban J connectivity index is 1.51. The molecular weight excluding hydrogens is 292 g/mol. The fourth-order valence-corrected chi connectivity index (χ4v) is 3.24. The minimum atomic E-state index is -0.859. The molecule has 0 N–H and O–H groups in total. The minimum Gasteiger partial charge on any atom is -0.458 e. The van der Waals surface area contributed by atoms with Crippen molar-refractivity contribution in [1.29, 1.82) is 0 Å². The summed E-state index contributed by atoms with van der Waals surface area (Å²) < 4.78 is 17.7. The van der Waals surface area contributed by atoms with Crippen LogP contribution in [0, 0.1) is 0 Å². The van der Waals surface area contributed by atoms with Crippen LogP contribution in [0.5, 0.6) is 5.75 Å². The fourth-order valence-electron chi connectivity index (χ4n) is 3.24. The Morgan fingerprint density at radius 2 is 1.91 bits per heavy atom. The third kappa shape index (κ3) is 2.70. The van der Waals surface area contributed by atoms with E-state index in [1.807, 2.05) is 42.5 Å². The van der Waals surface area contributed by atoms with Gasteiger partial charge in [0.2, 0.25) is 5.79 Å². The van der Waals surface area contributed by atoms with Gasteiger partial charge in [0.15, 0.2) is 6.61 Å². The van der Waals surface area contributed by atoms with Crippen LogP contribution in [0.4, 0.5) is 0 Å². The van der Waals surface area contributed by atoms with Crippen LogP contribution < -0.4 is 4.74 Å². The molecule has 0 radical (unpaired) electrons. The molecule has 0 saturated carbocycles. The van der Waals surface area contributed by atoms with E-state index in [9.17, 15) is 4.79 Å². The number of benzene rings is 2. The Kier molecular flexibility index (Phi) is 3.54. The van der Waals surface area contributed by atoms with Crippen molar-refractivity contribution in [2.45, 2.75) is 31.2 Å². The summed E-state index contributed by atoms with van der Waals surface area (Å²) in [4.78, 5) is 12.2. The summed E-state index contributed by atoms with van der Waals surface area (Å²) in [5, 5.41) is 0. The van der Waals surface area contributed by atoms with Gasteiger partial charge in [-0.1, -0.05) is 36.4 Å². The number of esters is 1. The van der Waals surface area contributed by atoms with E-state index >= 15 is 0 Å². The summed E-state index contributed by atoms with van der Waals surface area (Å²) in [6.07, 6.45) is 2.69. The van der Waals surface area contributed by atoms with Crippen molar-refractivity contribution < 1.29 is 19.0 Å². The Hall–Kier alpha value is -2.33. The molecule has 2 atom stereocenters. The van der Waals surface area contributed by atoms with Crippen LogP contribution in [0.3, 0.4) is 0 Å². The molecule has 4 heteroatoms. The van der Waals surface area contributed by atoms with Crippen molar-refractivity contribution in [3.8, 4) is 5.75 Å². The first-order chi connectivity index (χ1) is 11.3. The molecule has 23 heavy (non-hydrogen) atoms. The topological polar surface area (TPSA) is 44.8 Å². The summed E-state index contributed by atoms with van der Waals surface area (Å²) in [5.74, 6) is -0.380. The van der Waals surface area contributed by atoms with Gasteiger partial charge in [-0.3, -0.25) is 0 Å². The van der Waals surface area contributed by atoms with E-state index in [2.05, 4.69) is 0 Å². The highest BCUT2D eigenvalue weighted by Gasteiger charge is 2.46. The number of ether oxygens (including phenoxy) is 3. The first-order valence-electron chi connectivity index (χ1n) is 7.94. The molecule has 2 heterocycles. The van der Waals surface area contributed by atoms with Crippen molar-refractivity contribution in [2.75, 3.05) is 6.61 Å². The summed E-state index contributed by atoms with van der Waals surface area (Å²) in [6.45, 7) is 0.103. The zero-order valence-corrected chi connectivity index (χ0v) is 12.7. The lowest BCUT2D eigenvalue weighted by Crippen LogP contribution is -2.50. The van der Waals surface area contributed by atoms with Crippen molar-refractivity contribution in [3.63, 3.8) is 0 Å². The number of hydrogen-bond acceptors (Lipinski definition) is 4. The van der Waals surface area contributed by atoms with Gasteiger partial charge in [-0.15, -0.1) is 0 Å². The maximum Gasteiger partial charge on any atom is 0.338 e. The zero-order valence-electron chi connectivity index (χ0n) is 12.7. The van der Waals surface area contributed by atoms with Crippen LogP contribution in [0.2, 0.25) is 0 Å². The van der Waals surface area contributed by atoms with Gasteiger partial charge in [-0.25, -0.2) is 4.79 Å². The Morgan fingerprint density at radius 1 is 1.13 bits per heavy atom. The van der Waals surface area contributed by atoms with Crippen LogP contribution in [-0.2, 0) is 9.47 Å².